The molecule has 0 N–H and O–H groups in total. The summed E-state index contributed by atoms with van der Waals surface area (Å²) in [6, 6.07) is 11.9. The summed E-state index contributed by atoms with van der Waals surface area (Å²) in [5.74, 6) is 0.144. The number of fused-ring (bicyclic) bond motifs is 1. The number of anilines is 2. The molecule has 5 rings (SSSR count). The molecule has 3 aromatic rings. The zero-order valence-electron chi connectivity index (χ0n) is 20.6. The van der Waals surface area contributed by atoms with Crippen LogP contribution in [0.3, 0.4) is 0 Å². The van der Waals surface area contributed by atoms with E-state index in [1.807, 2.05) is 6.07 Å². The van der Waals surface area contributed by atoms with Crippen LogP contribution in [0.2, 0.25) is 0 Å². The van der Waals surface area contributed by atoms with Crippen LogP contribution in [0.15, 0.2) is 58.4 Å². The van der Waals surface area contributed by atoms with Crippen molar-refractivity contribution in [3.63, 3.8) is 0 Å². The van der Waals surface area contributed by atoms with Gasteiger partial charge in [-0.25, -0.2) is 9.37 Å². The van der Waals surface area contributed by atoms with Gasteiger partial charge in [-0.15, -0.1) is 0 Å². The van der Waals surface area contributed by atoms with Crippen LogP contribution in [0.25, 0.3) is 11.7 Å². The fraction of sp³-hybridized carbons (Fsp3) is 0.333. The minimum absolute atomic E-state index is 0.157. The van der Waals surface area contributed by atoms with Gasteiger partial charge in [0, 0.05) is 44.6 Å². The van der Waals surface area contributed by atoms with Gasteiger partial charge in [0.25, 0.3) is 11.5 Å². The van der Waals surface area contributed by atoms with Crippen LogP contribution in [-0.4, -0.2) is 57.2 Å². The number of hydrogen-bond acceptors (Lipinski definition) is 7. The van der Waals surface area contributed by atoms with Crippen molar-refractivity contribution in [1.82, 2.24) is 14.3 Å². The molecule has 7 nitrogen and oxygen atoms in total. The highest BCUT2D eigenvalue weighted by Gasteiger charge is 2.33. The van der Waals surface area contributed by atoms with Gasteiger partial charge in [-0.05, 0) is 48.9 Å². The third-order valence-corrected chi connectivity index (χ3v) is 8.03. The molecule has 0 unspecified atom stereocenters. The first-order chi connectivity index (χ1) is 18.0. The van der Waals surface area contributed by atoms with Crippen LogP contribution in [0, 0.1) is 5.82 Å². The number of aromatic nitrogens is 2. The van der Waals surface area contributed by atoms with Crippen molar-refractivity contribution in [3.05, 3.63) is 75.3 Å². The van der Waals surface area contributed by atoms with E-state index in [2.05, 4.69) is 16.7 Å². The number of halogens is 1. The highest BCUT2D eigenvalue weighted by molar-refractivity contribution is 8.26. The number of amides is 1. The number of piperazine rings is 1. The molecule has 37 heavy (non-hydrogen) atoms. The molecular formula is C27H28FN5O2S2. The first-order valence-electron chi connectivity index (χ1n) is 12.5. The smallest absolute Gasteiger partial charge is 0.267 e. The molecule has 2 aliphatic rings. The minimum Gasteiger partial charge on any atom is -0.368 e. The third-order valence-electron chi connectivity index (χ3n) is 6.65. The summed E-state index contributed by atoms with van der Waals surface area (Å²) in [5.41, 5.74) is 1.66. The topological polar surface area (TPSA) is 61.2 Å². The number of thioether (sulfide) groups is 1. The lowest BCUT2D eigenvalue weighted by Gasteiger charge is -2.37. The maximum atomic E-state index is 13.6. The van der Waals surface area contributed by atoms with Crippen molar-refractivity contribution in [3.8, 4) is 0 Å². The van der Waals surface area contributed by atoms with Gasteiger partial charge >= 0.3 is 0 Å². The van der Waals surface area contributed by atoms with Gasteiger partial charge in [-0.1, -0.05) is 49.8 Å². The fourth-order valence-corrected chi connectivity index (χ4v) is 5.92. The monoisotopic (exact) mass is 537 g/mol. The number of thiocarbonyl (C=S) groups is 1. The van der Waals surface area contributed by atoms with E-state index in [-0.39, 0.29) is 17.3 Å². The Morgan fingerprint density at radius 2 is 1.76 bits per heavy atom. The Morgan fingerprint density at radius 3 is 2.49 bits per heavy atom. The lowest BCUT2D eigenvalue weighted by atomic mass is 10.2. The normalized spacial score (nSPS) is 17.5. The van der Waals surface area contributed by atoms with Gasteiger partial charge in [0.1, 0.15) is 21.6 Å². The Labute approximate surface area is 224 Å². The number of unbranched alkanes of at least 4 members (excludes halogenated alkanes) is 2. The Kier molecular flexibility index (Phi) is 7.57. The molecule has 1 amide bonds. The minimum atomic E-state index is -0.261. The van der Waals surface area contributed by atoms with Crippen LogP contribution < -0.4 is 15.4 Å². The van der Waals surface area contributed by atoms with Crippen LogP contribution in [0.1, 0.15) is 31.7 Å². The number of carbonyl (C=O) groups excluding carboxylic acids is 1. The third kappa shape index (κ3) is 5.26. The molecule has 1 aromatic carbocycles. The highest BCUT2D eigenvalue weighted by atomic mass is 32.2. The molecule has 0 saturated carbocycles. The predicted octanol–water partition coefficient (Wildman–Crippen LogP) is 4.55. The highest BCUT2D eigenvalue weighted by Crippen LogP contribution is 2.34. The van der Waals surface area contributed by atoms with Crippen LogP contribution >= 0.6 is 24.0 Å². The maximum absolute atomic E-state index is 13.6. The van der Waals surface area contributed by atoms with Gasteiger partial charge in [0.05, 0.1) is 10.5 Å². The number of hydrogen-bond donors (Lipinski definition) is 0. The fourth-order valence-electron chi connectivity index (χ4n) is 4.63. The lowest BCUT2D eigenvalue weighted by molar-refractivity contribution is -0.122. The molecule has 0 bridgehead atoms. The summed E-state index contributed by atoms with van der Waals surface area (Å²) in [5, 5.41) is 0. The summed E-state index contributed by atoms with van der Waals surface area (Å²) in [6.45, 7) is 5.35. The van der Waals surface area contributed by atoms with Crippen LogP contribution in [0.4, 0.5) is 15.9 Å². The van der Waals surface area contributed by atoms with Crippen LogP contribution in [0.5, 0.6) is 0 Å². The maximum Gasteiger partial charge on any atom is 0.267 e. The van der Waals surface area contributed by atoms with E-state index in [9.17, 15) is 14.0 Å². The molecule has 0 aliphatic carbocycles. The van der Waals surface area contributed by atoms with E-state index in [1.165, 1.54) is 28.3 Å². The summed E-state index contributed by atoms with van der Waals surface area (Å²) in [6.07, 6.45) is 6.33. The van der Waals surface area contributed by atoms with E-state index in [1.54, 1.807) is 41.4 Å². The molecule has 0 spiro atoms. The zero-order valence-corrected chi connectivity index (χ0v) is 22.2. The quantitative estimate of drug-likeness (QED) is 0.249. The van der Waals surface area contributed by atoms with Crippen LogP contribution in [-0.2, 0) is 4.79 Å². The molecule has 0 radical (unpaired) electrons. The Balaban J connectivity index is 1.46. The Bertz CT molecular complexity index is 1410. The van der Waals surface area contributed by atoms with Gasteiger partial charge in [-0.2, -0.15) is 0 Å². The van der Waals surface area contributed by atoms with Crippen molar-refractivity contribution in [2.45, 2.75) is 26.2 Å². The number of rotatable bonds is 7. The van der Waals surface area contributed by atoms with Crippen molar-refractivity contribution in [1.29, 1.82) is 0 Å². The summed E-state index contributed by atoms with van der Waals surface area (Å²) >= 11 is 6.72. The number of nitrogens with zero attached hydrogens (tertiary/aromatic N) is 5. The summed E-state index contributed by atoms with van der Waals surface area (Å²) in [7, 11) is 0. The molecule has 2 fully saturated rings. The molecule has 2 aliphatic heterocycles. The number of carbonyl (C=O) groups is 1. The lowest BCUT2D eigenvalue weighted by Crippen LogP contribution is -2.47. The van der Waals surface area contributed by atoms with E-state index in [0.717, 1.165) is 24.9 Å². The Morgan fingerprint density at radius 1 is 1.03 bits per heavy atom. The SMILES string of the molecule is CCCCCN1C(=O)C(=Cc2c(N3CCN(c4ccc(F)cc4)CC3)nc3ccccn3c2=O)SC1=S. The average molecular weight is 538 g/mol. The first kappa shape index (κ1) is 25.4. The van der Waals surface area contributed by atoms with Gasteiger partial charge in [0.15, 0.2) is 0 Å². The van der Waals surface area contributed by atoms with Gasteiger partial charge in [0.2, 0.25) is 0 Å². The van der Waals surface area contributed by atoms with Gasteiger partial charge in [-0.3, -0.25) is 18.9 Å². The summed E-state index contributed by atoms with van der Waals surface area (Å²) in [4.78, 5) is 38.0. The van der Waals surface area contributed by atoms with Crippen molar-refractivity contribution < 1.29 is 9.18 Å². The molecule has 2 aromatic heterocycles. The zero-order chi connectivity index (χ0) is 25.9. The molecule has 192 valence electrons. The Hall–Kier alpha value is -3.24. The summed E-state index contributed by atoms with van der Waals surface area (Å²) < 4.78 is 15.4. The predicted molar refractivity (Wildman–Crippen MR) is 152 cm³/mol. The first-order valence-corrected chi connectivity index (χ1v) is 13.7. The second kappa shape index (κ2) is 11.0. The molecule has 10 heteroatoms. The second-order valence-electron chi connectivity index (χ2n) is 9.07. The van der Waals surface area contributed by atoms with E-state index < -0.39 is 0 Å². The largest absolute Gasteiger partial charge is 0.368 e. The standard InChI is InChI=1S/C27H28FN5O2S2/c1-2-3-5-13-33-26(35)22(37-27(33)36)18-21-24(29-23-7-4-6-12-32(23)25(21)34)31-16-14-30(15-17-31)20-10-8-19(28)9-11-20/h4,6-12,18H,2-3,5,13-17H2,1H3. The van der Waals surface area contributed by atoms with Crippen molar-refractivity contribution in [2.75, 3.05) is 42.5 Å². The van der Waals surface area contributed by atoms with E-state index >= 15 is 0 Å². The van der Waals surface area contributed by atoms with E-state index in [4.69, 9.17) is 17.2 Å². The average Bonchev–Trinajstić information content (AvgIpc) is 3.18. The van der Waals surface area contributed by atoms with E-state index in [0.29, 0.717) is 59.0 Å². The second-order valence-corrected chi connectivity index (χ2v) is 10.7. The number of pyridine rings is 1. The van der Waals surface area contributed by atoms with Crippen molar-refractivity contribution >= 4 is 57.4 Å². The molecule has 4 heterocycles. The molecular weight excluding hydrogens is 509 g/mol. The molecule has 2 saturated heterocycles. The molecule has 0 atom stereocenters. The number of benzene rings is 1. The van der Waals surface area contributed by atoms with Gasteiger partial charge < -0.3 is 9.80 Å². The van der Waals surface area contributed by atoms with Crippen molar-refractivity contribution in [2.24, 2.45) is 0 Å².